The molecule has 0 aromatic carbocycles. The largest absolute Gasteiger partial charge is 0.478 e. The van der Waals surface area contributed by atoms with Crippen molar-refractivity contribution < 1.29 is 18.8 Å². The lowest BCUT2D eigenvalue weighted by atomic mass is 10.2. The van der Waals surface area contributed by atoms with Gasteiger partial charge in [-0.3, -0.25) is 0 Å². The van der Waals surface area contributed by atoms with E-state index in [1.807, 2.05) is 0 Å². The Kier molecular flexibility index (Phi) is 3.73. The zero-order valence-corrected chi connectivity index (χ0v) is 9.84. The van der Waals surface area contributed by atoms with Crippen LogP contribution in [0.3, 0.4) is 0 Å². The molecule has 0 aliphatic heterocycles. The predicted molar refractivity (Wildman–Crippen MR) is 60.1 cm³/mol. The highest BCUT2D eigenvalue weighted by Gasteiger charge is 2.13. The summed E-state index contributed by atoms with van der Waals surface area (Å²) in [6, 6.07) is 1.53. The van der Waals surface area contributed by atoms with Gasteiger partial charge >= 0.3 is 5.97 Å². The van der Waals surface area contributed by atoms with Gasteiger partial charge in [-0.1, -0.05) is 5.16 Å². The van der Waals surface area contributed by atoms with Crippen molar-refractivity contribution in [3.05, 3.63) is 35.4 Å². The van der Waals surface area contributed by atoms with Crippen molar-refractivity contribution in [3.8, 4) is 0 Å². The normalized spacial score (nSPS) is 10.7. The fourth-order valence-electron chi connectivity index (χ4n) is 1.56. The Balaban J connectivity index is 1.80. The van der Waals surface area contributed by atoms with Crippen LogP contribution in [0.4, 0.5) is 0 Å². The van der Waals surface area contributed by atoms with Gasteiger partial charge in [-0.15, -0.1) is 0 Å². The summed E-state index contributed by atoms with van der Waals surface area (Å²) in [5, 5.41) is 15.7. The molecule has 0 saturated carbocycles. The summed E-state index contributed by atoms with van der Waals surface area (Å²) in [7, 11) is 0. The molecule has 2 aromatic rings. The van der Waals surface area contributed by atoms with Crippen molar-refractivity contribution >= 4 is 5.97 Å². The summed E-state index contributed by atoms with van der Waals surface area (Å²) in [6.45, 7) is 2.75. The molecule has 0 aliphatic rings. The lowest BCUT2D eigenvalue weighted by Gasteiger charge is -1.99. The first-order valence-electron chi connectivity index (χ1n) is 5.45. The predicted octanol–water partition coefficient (Wildman–Crippen LogP) is 1.00. The maximum Gasteiger partial charge on any atom is 0.339 e. The second kappa shape index (κ2) is 5.46. The smallest absolute Gasteiger partial charge is 0.339 e. The first-order valence-corrected chi connectivity index (χ1v) is 5.45. The van der Waals surface area contributed by atoms with Crippen LogP contribution in [0.2, 0.25) is 0 Å². The fraction of sp³-hybridized carbons (Fsp3) is 0.364. The van der Waals surface area contributed by atoms with Crippen LogP contribution in [0.5, 0.6) is 0 Å². The summed E-state index contributed by atoms with van der Waals surface area (Å²) >= 11 is 0. The van der Waals surface area contributed by atoms with E-state index < -0.39 is 5.97 Å². The molecule has 7 heteroatoms. The molecule has 0 amide bonds. The van der Waals surface area contributed by atoms with Crippen LogP contribution in [0.15, 0.2) is 21.4 Å². The number of carbonyl (C=O) groups is 1. The van der Waals surface area contributed by atoms with Crippen LogP contribution in [-0.4, -0.2) is 27.8 Å². The van der Waals surface area contributed by atoms with E-state index in [0.29, 0.717) is 36.9 Å². The summed E-state index contributed by atoms with van der Waals surface area (Å²) in [4.78, 5) is 14.7. The molecule has 0 bridgehead atoms. The number of carboxylic acid groups (broad SMARTS) is 1. The monoisotopic (exact) mass is 251 g/mol. The molecular formula is C11H13N3O4. The molecular weight excluding hydrogens is 238 g/mol. The van der Waals surface area contributed by atoms with Crippen molar-refractivity contribution in [2.75, 3.05) is 6.54 Å². The van der Waals surface area contributed by atoms with E-state index in [4.69, 9.17) is 9.52 Å². The minimum Gasteiger partial charge on any atom is -0.478 e. The van der Waals surface area contributed by atoms with Crippen LogP contribution < -0.4 is 5.32 Å². The molecule has 0 unspecified atom stereocenters. The van der Waals surface area contributed by atoms with Crippen LogP contribution in [0.1, 0.15) is 27.7 Å². The fourth-order valence-corrected chi connectivity index (χ4v) is 1.56. The first-order chi connectivity index (χ1) is 8.66. The quantitative estimate of drug-likeness (QED) is 0.738. The standard InChI is InChI=1S/C11H13N3O4/c1-7-9(11(15)16)4-8(18-7)5-12-3-2-10-13-6-17-14-10/h4,6,12H,2-3,5H2,1H3,(H,15,16). The zero-order chi connectivity index (χ0) is 13.0. The van der Waals surface area contributed by atoms with E-state index in [2.05, 4.69) is 20.0 Å². The van der Waals surface area contributed by atoms with E-state index >= 15 is 0 Å². The first kappa shape index (κ1) is 12.3. The molecule has 0 aliphatic carbocycles. The molecule has 2 rings (SSSR count). The number of nitrogens with one attached hydrogen (secondary N) is 1. The van der Waals surface area contributed by atoms with Gasteiger partial charge in [0.2, 0.25) is 6.39 Å². The Morgan fingerprint density at radius 2 is 2.39 bits per heavy atom. The molecule has 18 heavy (non-hydrogen) atoms. The molecule has 7 nitrogen and oxygen atoms in total. The molecule has 2 N–H and O–H groups in total. The Labute approximate surface area is 103 Å². The third kappa shape index (κ3) is 2.95. The Morgan fingerprint density at radius 1 is 1.56 bits per heavy atom. The second-order valence-electron chi connectivity index (χ2n) is 3.76. The zero-order valence-electron chi connectivity index (χ0n) is 9.84. The van der Waals surface area contributed by atoms with Gasteiger partial charge in [0, 0.05) is 13.0 Å². The highest BCUT2D eigenvalue weighted by atomic mass is 16.5. The van der Waals surface area contributed by atoms with Crippen LogP contribution in [0.25, 0.3) is 0 Å². The number of hydrogen-bond donors (Lipinski definition) is 2. The maximum absolute atomic E-state index is 10.8. The molecule has 0 saturated heterocycles. The summed E-state index contributed by atoms with van der Waals surface area (Å²) in [6.07, 6.45) is 1.92. The number of aryl methyl sites for hydroxylation is 1. The summed E-state index contributed by atoms with van der Waals surface area (Å²) in [5.41, 5.74) is 0.199. The van der Waals surface area contributed by atoms with Crippen molar-refractivity contribution in [1.29, 1.82) is 0 Å². The highest BCUT2D eigenvalue weighted by molar-refractivity contribution is 5.88. The van der Waals surface area contributed by atoms with E-state index in [-0.39, 0.29) is 5.56 Å². The number of hydrogen-bond acceptors (Lipinski definition) is 6. The lowest BCUT2D eigenvalue weighted by Crippen LogP contribution is -2.16. The number of rotatable bonds is 6. The van der Waals surface area contributed by atoms with E-state index in [1.165, 1.54) is 12.5 Å². The number of aromatic carboxylic acids is 1. The SMILES string of the molecule is Cc1oc(CNCCc2ncon2)cc1C(=O)O. The van der Waals surface area contributed by atoms with Crippen LogP contribution in [0, 0.1) is 6.92 Å². The highest BCUT2D eigenvalue weighted by Crippen LogP contribution is 2.14. The van der Waals surface area contributed by atoms with E-state index in [1.54, 1.807) is 6.92 Å². The van der Waals surface area contributed by atoms with Gasteiger partial charge in [0.25, 0.3) is 0 Å². The van der Waals surface area contributed by atoms with Crippen LogP contribution in [-0.2, 0) is 13.0 Å². The average Bonchev–Trinajstić information content (AvgIpc) is 2.94. The molecule has 2 aromatic heterocycles. The van der Waals surface area contributed by atoms with Gasteiger partial charge in [-0.2, -0.15) is 4.98 Å². The van der Waals surface area contributed by atoms with Gasteiger partial charge in [0.15, 0.2) is 5.82 Å². The number of aromatic nitrogens is 2. The van der Waals surface area contributed by atoms with Gasteiger partial charge in [-0.05, 0) is 13.0 Å². The molecule has 96 valence electrons. The van der Waals surface area contributed by atoms with E-state index in [0.717, 1.165) is 0 Å². The number of furan rings is 1. The molecule has 0 spiro atoms. The minimum absolute atomic E-state index is 0.199. The van der Waals surface area contributed by atoms with Crippen molar-refractivity contribution in [3.63, 3.8) is 0 Å². The maximum atomic E-state index is 10.8. The van der Waals surface area contributed by atoms with E-state index in [9.17, 15) is 4.79 Å². The topological polar surface area (TPSA) is 101 Å². The van der Waals surface area contributed by atoms with Crippen molar-refractivity contribution in [1.82, 2.24) is 15.5 Å². The lowest BCUT2D eigenvalue weighted by molar-refractivity contribution is 0.0695. The summed E-state index contributed by atoms with van der Waals surface area (Å²) < 4.78 is 9.92. The molecule has 0 atom stereocenters. The van der Waals surface area contributed by atoms with Gasteiger partial charge in [-0.25, -0.2) is 4.79 Å². The van der Waals surface area contributed by atoms with Gasteiger partial charge in [0.05, 0.1) is 6.54 Å². The molecule has 2 heterocycles. The Hall–Kier alpha value is -2.15. The number of carboxylic acids is 1. The third-order valence-corrected chi connectivity index (χ3v) is 2.43. The third-order valence-electron chi connectivity index (χ3n) is 2.43. The molecule has 0 fully saturated rings. The summed E-state index contributed by atoms with van der Waals surface area (Å²) in [5.74, 6) is 0.661. The number of nitrogens with zero attached hydrogens (tertiary/aromatic N) is 2. The van der Waals surface area contributed by atoms with Crippen molar-refractivity contribution in [2.24, 2.45) is 0 Å². The Morgan fingerprint density at radius 3 is 3.00 bits per heavy atom. The Bertz CT molecular complexity index is 518. The van der Waals surface area contributed by atoms with Gasteiger partial charge < -0.3 is 19.4 Å². The average molecular weight is 251 g/mol. The van der Waals surface area contributed by atoms with Crippen LogP contribution >= 0.6 is 0 Å². The molecule has 0 radical (unpaired) electrons. The minimum atomic E-state index is -0.978. The second-order valence-corrected chi connectivity index (χ2v) is 3.76. The van der Waals surface area contributed by atoms with Gasteiger partial charge in [0.1, 0.15) is 17.1 Å². The van der Waals surface area contributed by atoms with Crippen molar-refractivity contribution in [2.45, 2.75) is 19.9 Å².